The minimum absolute atomic E-state index is 0. The van der Waals surface area contributed by atoms with Crippen molar-refractivity contribution < 1.29 is 9.53 Å². The predicted octanol–water partition coefficient (Wildman–Crippen LogP) is 4.36. The van der Waals surface area contributed by atoms with Gasteiger partial charge in [-0.05, 0) is 61.9 Å². The molecule has 0 bridgehead atoms. The Morgan fingerprint density at radius 2 is 1.84 bits per heavy atom. The number of rotatable bonds is 9. The second-order valence-electron chi connectivity index (χ2n) is 8.31. The lowest BCUT2D eigenvalue weighted by Gasteiger charge is -2.15. The van der Waals surface area contributed by atoms with Gasteiger partial charge in [0, 0.05) is 38.3 Å². The molecule has 0 unspecified atom stereocenters. The lowest BCUT2D eigenvalue weighted by molar-refractivity contribution is 0.0827. The fourth-order valence-corrected chi connectivity index (χ4v) is 3.14. The van der Waals surface area contributed by atoms with Gasteiger partial charge in [-0.25, -0.2) is 4.99 Å². The summed E-state index contributed by atoms with van der Waals surface area (Å²) in [5.41, 5.74) is 4.06. The van der Waals surface area contributed by atoms with E-state index in [1.165, 1.54) is 18.4 Å². The molecule has 2 aromatic rings. The number of benzene rings is 2. The number of hydrogen-bond donors (Lipinski definition) is 2. The topological polar surface area (TPSA) is 66.0 Å². The van der Waals surface area contributed by atoms with E-state index in [1.807, 2.05) is 24.3 Å². The molecule has 6 nitrogen and oxygen atoms in total. The Morgan fingerprint density at radius 1 is 1.12 bits per heavy atom. The van der Waals surface area contributed by atoms with Crippen molar-refractivity contribution in [3.63, 3.8) is 0 Å². The van der Waals surface area contributed by atoms with E-state index in [0.717, 1.165) is 41.9 Å². The quantitative estimate of drug-likeness (QED) is 0.277. The number of amides is 1. The molecular formula is C25H35IN4O2. The van der Waals surface area contributed by atoms with Gasteiger partial charge >= 0.3 is 0 Å². The summed E-state index contributed by atoms with van der Waals surface area (Å²) in [6, 6.07) is 13.9. The monoisotopic (exact) mass is 550 g/mol. The van der Waals surface area contributed by atoms with E-state index < -0.39 is 0 Å². The van der Waals surface area contributed by atoms with Crippen molar-refractivity contribution in [2.75, 3.05) is 27.2 Å². The number of aryl methyl sites for hydroxylation is 1. The first-order valence-corrected chi connectivity index (χ1v) is 11.0. The standard InChI is InChI=1S/C25H34N4O2.HI/c1-5-26-25(27-15-19-9-12-21(13-10-19)24(30)29(3)4)28-16-22-11-6-18(2)14-23(22)31-17-20-7-8-20;/h6,9-14,20H,5,7-8,15-17H2,1-4H3,(H2,26,27,28);1H. The Hall–Kier alpha value is -2.29. The van der Waals surface area contributed by atoms with Crippen molar-refractivity contribution in [1.29, 1.82) is 0 Å². The molecule has 1 saturated carbocycles. The van der Waals surface area contributed by atoms with Gasteiger partial charge in [-0.2, -0.15) is 0 Å². The van der Waals surface area contributed by atoms with Crippen LogP contribution in [0.15, 0.2) is 47.5 Å². The fourth-order valence-electron chi connectivity index (χ4n) is 3.14. The summed E-state index contributed by atoms with van der Waals surface area (Å²) in [6.07, 6.45) is 2.56. The highest BCUT2D eigenvalue weighted by molar-refractivity contribution is 14.0. The van der Waals surface area contributed by atoms with E-state index in [-0.39, 0.29) is 29.9 Å². The third-order valence-electron chi connectivity index (χ3n) is 5.21. The highest BCUT2D eigenvalue weighted by Crippen LogP contribution is 2.30. The summed E-state index contributed by atoms with van der Waals surface area (Å²) in [5, 5.41) is 6.71. The van der Waals surface area contributed by atoms with Crippen LogP contribution in [0.2, 0.25) is 0 Å². The van der Waals surface area contributed by atoms with Crippen LogP contribution in [0.25, 0.3) is 0 Å². The Balaban J connectivity index is 0.00000363. The number of nitrogens with zero attached hydrogens (tertiary/aromatic N) is 2. The van der Waals surface area contributed by atoms with Crippen molar-refractivity contribution in [2.45, 2.75) is 39.8 Å². The number of hydrogen-bond acceptors (Lipinski definition) is 3. The number of ether oxygens (including phenoxy) is 1. The number of nitrogens with one attached hydrogen (secondary N) is 2. The highest BCUT2D eigenvalue weighted by Gasteiger charge is 2.22. The predicted molar refractivity (Wildman–Crippen MR) is 141 cm³/mol. The van der Waals surface area contributed by atoms with Crippen molar-refractivity contribution in [3.8, 4) is 5.75 Å². The summed E-state index contributed by atoms with van der Waals surface area (Å²) >= 11 is 0. The molecule has 1 aliphatic rings. The molecule has 0 heterocycles. The van der Waals surface area contributed by atoms with Gasteiger partial charge < -0.3 is 20.3 Å². The van der Waals surface area contributed by atoms with E-state index in [0.29, 0.717) is 18.7 Å². The summed E-state index contributed by atoms with van der Waals surface area (Å²) in [7, 11) is 3.51. The highest BCUT2D eigenvalue weighted by atomic mass is 127. The molecule has 2 N–H and O–H groups in total. The summed E-state index contributed by atoms with van der Waals surface area (Å²) in [5.74, 6) is 2.43. The zero-order valence-electron chi connectivity index (χ0n) is 19.5. The van der Waals surface area contributed by atoms with E-state index >= 15 is 0 Å². The molecular weight excluding hydrogens is 515 g/mol. The number of aliphatic imine (C=N–C) groups is 1. The lowest BCUT2D eigenvalue weighted by Crippen LogP contribution is -2.36. The number of carbonyl (C=O) groups excluding carboxylic acids is 1. The molecule has 1 amide bonds. The molecule has 7 heteroatoms. The Bertz CT molecular complexity index is 909. The first kappa shape index (κ1) is 26.0. The van der Waals surface area contributed by atoms with Gasteiger partial charge in [0.1, 0.15) is 5.75 Å². The van der Waals surface area contributed by atoms with Crippen molar-refractivity contribution in [3.05, 3.63) is 64.7 Å². The molecule has 1 fully saturated rings. The van der Waals surface area contributed by atoms with Crippen molar-refractivity contribution in [2.24, 2.45) is 10.9 Å². The Labute approximate surface area is 208 Å². The molecule has 0 spiro atoms. The van der Waals surface area contributed by atoms with Gasteiger partial charge in [0.05, 0.1) is 13.2 Å². The maximum Gasteiger partial charge on any atom is 0.253 e. The average molecular weight is 550 g/mol. The lowest BCUT2D eigenvalue weighted by atomic mass is 10.1. The Morgan fingerprint density at radius 3 is 2.47 bits per heavy atom. The van der Waals surface area contributed by atoms with Crippen LogP contribution in [0.3, 0.4) is 0 Å². The molecule has 0 aliphatic heterocycles. The smallest absolute Gasteiger partial charge is 0.253 e. The molecule has 0 saturated heterocycles. The first-order chi connectivity index (χ1) is 15.0. The van der Waals surface area contributed by atoms with Gasteiger partial charge in [0.15, 0.2) is 5.96 Å². The number of halogens is 1. The minimum Gasteiger partial charge on any atom is -0.493 e. The zero-order valence-corrected chi connectivity index (χ0v) is 21.8. The van der Waals surface area contributed by atoms with Gasteiger partial charge in [-0.3, -0.25) is 4.79 Å². The SMILES string of the molecule is CCNC(=NCc1ccc(C(=O)N(C)C)cc1)NCc1ccc(C)cc1OCC1CC1.I. The zero-order chi connectivity index (χ0) is 22.2. The van der Waals surface area contributed by atoms with Crippen LogP contribution < -0.4 is 15.4 Å². The Kier molecular flexibility index (Phi) is 10.3. The van der Waals surface area contributed by atoms with Crippen LogP contribution in [0.4, 0.5) is 0 Å². The van der Waals surface area contributed by atoms with Crippen LogP contribution in [-0.4, -0.2) is 44.0 Å². The second-order valence-corrected chi connectivity index (χ2v) is 8.31. The summed E-state index contributed by atoms with van der Waals surface area (Å²) in [4.78, 5) is 18.3. The maximum absolute atomic E-state index is 12.0. The van der Waals surface area contributed by atoms with Crippen LogP contribution in [0.1, 0.15) is 46.8 Å². The van der Waals surface area contributed by atoms with Crippen LogP contribution in [-0.2, 0) is 13.1 Å². The van der Waals surface area contributed by atoms with Crippen LogP contribution in [0.5, 0.6) is 5.75 Å². The first-order valence-electron chi connectivity index (χ1n) is 11.0. The molecule has 174 valence electrons. The largest absolute Gasteiger partial charge is 0.493 e. The van der Waals surface area contributed by atoms with E-state index in [1.54, 1.807) is 19.0 Å². The van der Waals surface area contributed by atoms with E-state index in [4.69, 9.17) is 9.73 Å². The fraction of sp³-hybridized carbons (Fsp3) is 0.440. The maximum atomic E-state index is 12.0. The second kappa shape index (κ2) is 12.7. The van der Waals surface area contributed by atoms with Gasteiger partial charge in [0.25, 0.3) is 5.91 Å². The minimum atomic E-state index is 0. The summed E-state index contributed by atoms with van der Waals surface area (Å²) in [6.45, 7) is 6.89. The summed E-state index contributed by atoms with van der Waals surface area (Å²) < 4.78 is 6.08. The number of guanidine groups is 1. The molecule has 32 heavy (non-hydrogen) atoms. The van der Waals surface area contributed by atoms with Crippen molar-refractivity contribution >= 4 is 35.8 Å². The van der Waals surface area contributed by atoms with Gasteiger partial charge in [-0.15, -0.1) is 24.0 Å². The van der Waals surface area contributed by atoms with E-state index in [2.05, 4.69) is 42.7 Å². The van der Waals surface area contributed by atoms with E-state index in [9.17, 15) is 4.79 Å². The third kappa shape index (κ3) is 8.00. The van der Waals surface area contributed by atoms with Crippen molar-refractivity contribution in [1.82, 2.24) is 15.5 Å². The molecule has 0 radical (unpaired) electrons. The molecule has 0 atom stereocenters. The number of carbonyl (C=O) groups is 1. The van der Waals surface area contributed by atoms with Crippen LogP contribution >= 0.6 is 24.0 Å². The third-order valence-corrected chi connectivity index (χ3v) is 5.21. The molecule has 0 aromatic heterocycles. The van der Waals surface area contributed by atoms with Gasteiger partial charge in [0.2, 0.25) is 0 Å². The normalized spacial score (nSPS) is 13.2. The van der Waals surface area contributed by atoms with Gasteiger partial charge in [-0.1, -0.05) is 24.3 Å². The molecule has 2 aromatic carbocycles. The van der Waals surface area contributed by atoms with Crippen LogP contribution in [0, 0.1) is 12.8 Å². The average Bonchev–Trinajstić information content (AvgIpc) is 3.59. The molecule has 3 rings (SSSR count). The molecule has 1 aliphatic carbocycles.